The van der Waals surface area contributed by atoms with Crippen molar-refractivity contribution in [1.82, 2.24) is 19.6 Å². The zero-order valence-electron chi connectivity index (χ0n) is 16.8. The summed E-state index contributed by atoms with van der Waals surface area (Å²) in [6.07, 6.45) is 3.99. The van der Waals surface area contributed by atoms with Crippen LogP contribution in [0.1, 0.15) is 19.5 Å². The molecule has 0 bridgehead atoms. The van der Waals surface area contributed by atoms with E-state index in [4.69, 9.17) is 4.99 Å². The molecule has 27 heavy (non-hydrogen) atoms. The Morgan fingerprint density at radius 3 is 2.44 bits per heavy atom. The Kier molecular flexibility index (Phi) is 6.29. The fourth-order valence-corrected chi connectivity index (χ4v) is 3.21. The number of hydrogen-bond acceptors (Lipinski definition) is 4. The van der Waals surface area contributed by atoms with Crippen LogP contribution in [-0.4, -0.2) is 65.4 Å². The maximum absolute atomic E-state index is 4.77. The number of aliphatic imine (C=N–C) groups is 1. The van der Waals surface area contributed by atoms with Crippen molar-refractivity contribution in [1.29, 1.82) is 0 Å². The third kappa shape index (κ3) is 4.98. The number of aryl methyl sites for hydroxylation is 1. The normalized spacial score (nSPS) is 16.7. The molecule has 0 saturated carbocycles. The molecule has 1 saturated heterocycles. The van der Waals surface area contributed by atoms with Crippen LogP contribution in [0.2, 0.25) is 0 Å². The molecule has 2 heterocycles. The lowest BCUT2D eigenvalue weighted by molar-refractivity contribution is 0.190. The molecule has 0 N–H and O–H groups in total. The zero-order chi connectivity index (χ0) is 19.2. The van der Waals surface area contributed by atoms with Gasteiger partial charge in [0.1, 0.15) is 0 Å². The summed E-state index contributed by atoms with van der Waals surface area (Å²) in [5.41, 5.74) is 3.29. The van der Waals surface area contributed by atoms with E-state index in [1.807, 2.05) is 43.8 Å². The van der Waals surface area contributed by atoms with E-state index in [0.717, 1.165) is 50.2 Å². The Bertz CT molecular complexity index is 784. The molecule has 1 aromatic heterocycles. The molecule has 0 atom stereocenters. The smallest absolute Gasteiger partial charge is 0.227 e. The first kappa shape index (κ1) is 19.2. The summed E-state index contributed by atoms with van der Waals surface area (Å²) in [4.78, 5) is 11.9. The van der Waals surface area contributed by atoms with E-state index in [0.29, 0.717) is 0 Å². The number of para-hydroxylation sites is 1. The quantitative estimate of drug-likeness (QED) is 0.616. The molecule has 1 fully saturated rings. The number of anilines is 1. The summed E-state index contributed by atoms with van der Waals surface area (Å²) in [5, 5.41) is 4.55. The number of rotatable bonds is 4. The van der Waals surface area contributed by atoms with Crippen LogP contribution in [0.3, 0.4) is 0 Å². The summed E-state index contributed by atoms with van der Waals surface area (Å²) in [7, 11) is 2.09. The molecule has 144 valence electrons. The van der Waals surface area contributed by atoms with Gasteiger partial charge < -0.3 is 9.80 Å². The number of nitrogens with zero attached hydrogens (tertiary/aromatic N) is 6. The molecule has 1 aliphatic rings. The molecule has 2 aromatic rings. The molecular formula is C21H30N6. The number of hydrogen-bond donors (Lipinski definition) is 0. The van der Waals surface area contributed by atoms with Crippen molar-refractivity contribution < 1.29 is 0 Å². The van der Waals surface area contributed by atoms with E-state index in [-0.39, 0.29) is 0 Å². The minimum atomic E-state index is 0.831. The molecular weight excluding hydrogens is 336 g/mol. The average molecular weight is 367 g/mol. The van der Waals surface area contributed by atoms with Crippen LogP contribution in [0.15, 0.2) is 59.4 Å². The van der Waals surface area contributed by atoms with Gasteiger partial charge >= 0.3 is 0 Å². The van der Waals surface area contributed by atoms with Crippen LogP contribution in [0, 0.1) is 6.92 Å². The first-order valence-corrected chi connectivity index (χ1v) is 9.54. The summed E-state index contributed by atoms with van der Waals surface area (Å²) in [6.45, 7) is 11.0. The highest BCUT2D eigenvalue weighted by molar-refractivity contribution is 5.82. The van der Waals surface area contributed by atoms with Crippen LogP contribution in [0.25, 0.3) is 0 Å². The van der Waals surface area contributed by atoms with Gasteiger partial charge in [-0.3, -0.25) is 4.90 Å². The average Bonchev–Trinajstić information content (AvgIpc) is 3.13. The van der Waals surface area contributed by atoms with E-state index >= 15 is 0 Å². The molecule has 6 heteroatoms. The van der Waals surface area contributed by atoms with Crippen LogP contribution in [0.4, 0.5) is 5.69 Å². The predicted octanol–water partition coefficient (Wildman–Crippen LogP) is 3.03. The second-order valence-electron chi connectivity index (χ2n) is 7.02. The van der Waals surface area contributed by atoms with Gasteiger partial charge in [0.05, 0.1) is 12.4 Å². The van der Waals surface area contributed by atoms with Crippen LogP contribution in [0.5, 0.6) is 0 Å². The van der Waals surface area contributed by atoms with Gasteiger partial charge in [0.2, 0.25) is 5.96 Å². The highest BCUT2D eigenvalue weighted by Crippen LogP contribution is 2.15. The topological polar surface area (TPSA) is 39.9 Å². The van der Waals surface area contributed by atoms with E-state index in [2.05, 4.69) is 57.2 Å². The summed E-state index contributed by atoms with van der Waals surface area (Å²) >= 11 is 0. The molecule has 0 amide bonds. The van der Waals surface area contributed by atoms with Crippen LogP contribution in [-0.2, 0) is 0 Å². The van der Waals surface area contributed by atoms with Crippen molar-refractivity contribution in [3.05, 3.63) is 60.1 Å². The molecule has 0 aliphatic carbocycles. The van der Waals surface area contributed by atoms with Crippen LogP contribution < -0.4 is 4.90 Å². The molecule has 0 radical (unpaired) electrons. The third-order valence-corrected chi connectivity index (χ3v) is 4.87. The van der Waals surface area contributed by atoms with Gasteiger partial charge in [-0.1, -0.05) is 24.3 Å². The highest BCUT2D eigenvalue weighted by atomic mass is 15.5. The van der Waals surface area contributed by atoms with E-state index < -0.39 is 0 Å². The molecule has 6 nitrogen and oxygen atoms in total. The molecule has 1 aliphatic heterocycles. The van der Waals surface area contributed by atoms with Crippen molar-refractivity contribution in [2.75, 3.05) is 44.8 Å². The van der Waals surface area contributed by atoms with Crippen molar-refractivity contribution in [2.45, 2.75) is 20.8 Å². The lowest BCUT2D eigenvalue weighted by atomic mass is 10.2. The van der Waals surface area contributed by atoms with Crippen molar-refractivity contribution in [2.24, 2.45) is 4.99 Å². The van der Waals surface area contributed by atoms with Gasteiger partial charge in [0.15, 0.2) is 0 Å². The Morgan fingerprint density at radius 2 is 1.85 bits per heavy atom. The van der Waals surface area contributed by atoms with E-state index in [1.54, 1.807) is 0 Å². The summed E-state index contributed by atoms with van der Waals surface area (Å²) in [5.74, 6) is 0.851. The van der Waals surface area contributed by atoms with Gasteiger partial charge in [-0.05, 0) is 39.0 Å². The maximum atomic E-state index is 4.77. The SMILES string of the molecule is C/C=C(/C)N=C(N(C)CN1CCN(c2ccccc2)CC1)n1ccc(C)n1. The fourth-order valence-electron chi connectivity index (χ4n) is 3.21. The van der Waals surface area contributed by atoms with Gasteiger partial charge in [-0.25, -0.2) is 9.67 Å². The second-order valence-corrected chi connectivity index (χ2v) is 7.02. The summed E-state index contributed by atoms with van der Waals surface area (Å²) in [6, 6.07) is 12.7. The molecule has 0 spiro atoms. The number of aromatic nitrogens is 2. The van der Waals surface area contributed by atoms with E-state index in [9.17, 15) is 0 Å². The maximum Gasteiger partial charge on any atom is 0.227 e. The zero-order valence-corrected chi connectivity index (χ0v) is 16.8. The van der Waals surface area contributed by atoms with Crippen LogP contribution >= 0.6 is 0 Å². The minimum Gasteiger partial charge on any atom is -0.369 e. The number of piperazine rings is 1. The van der Waals surface area contributed by atoms with Crippen molar-refractivity contribution >= 4 is 11.6 Å². The number of benzene rings is 1. The van der Waals surface area contributed by atoms with E-state index in [1.165, 1.54) is 5.69 Å². The van der Waals surface area contributed by atoms with Gasteiger partial charge in [0, 0.05) is 50.8 Å². The Morgan fingerprint density at radius 1 is 1.15 bits per heavy atom. The Labute approximate surface area is 162 Å². The highest BCUT2D eigenvalue weighted by Gasteiger charge is 2.20. The molecule has 1 aromatic carbocycles. The standard InChI is InChI=1S/C21H30N6/c1-5-18(2)22-21(27-12-11-19(3)23-27)24(4)17-25-13-15-26(16-14-25)20-9-7-6-8-10-20/h5-12H,13-17H2,1-4H3/b18-5-,22-21?. The Balaban J connectivity index is 1.64. The van der Waals surface area contributed by atoms with Crippen molar-refractivity contribution in [3.8, 4) is 0 Å². The third-order valence-electron chi connectivity index (χ3n) is 4.87. The first-order chi connectivity index (χ1) is 13.1. The molecule has 3 rings (SSSR count). The second kappa shape index (κ2) is 8.86. The van der Waals surface area contributed by atoms with Gasteiger partial charge in [-0.15, -0.1) is 0 Å². The van der Waals surface area contributed by atoms with Gasteiger partial charge in [-0.2, -0.15) is 5.10 Å². The monoisotopic (exact) mass is 366 g/mol. The number of allylic oxidation sites excluding steroid dienone is 2. The summed E-state index contributed by atoms with van der Waals surface area (Å²) < 4.78 is 1.86. The largest absolute Gasteiger partial charge is 0.369 e. The predicted molar refractivity (Wildman–Crippen MR) is 112 cm³/mol. The first-order valence-electron chi connectivity index (χ1n) is 9.54. The fraction of sp³-hybridized carbons (Fsp3) is 0.429. The Hall–Kier alpha value is -2.60. The lowest BCUT2D eigenvalue weighted by Crippen LogP contribution is -2.51. The molecule has 0 unspecified atom stereocenters. The lowest BCUT2D eigenvalue weighted by Gasteiger charge is -2.38. The van der Waals surface area contributed by atoms with Crippen molar-refractivity contribution in [3.63, 3.8) is 0 Å². The minimum absolute atomic E-state index is 0.831. The van der Waals surface area contributed by atoms with Gasteiger partial charge in [0.25, 0.3) is 0 Å².